The predicted molar refractivity (Wildman–Crippen MR) is 82.3 cm³/mol. The van der Waals surface area contributed by atoms with E-state index in [1.165, 1.54) is 0 Å². The minimum absolute atomic E-state index is 0.0543. The van der Waals surface area contributed by atoms with E-state index in [-0.39, 0.29) is 27.5 Å². The van der Waals surface area contributed by atoms with Gasteiger partial charge >= 0.3 is 5.97 Å². The van der Waals surface area contributed by atoms with Crippen LogP contribution in [0.4, 0.5) is 0 Å². The smallest absolute Gasteiger partial charge is 0.310 e. The van der Waals surface area contributed by atoms with E-state index in [1.54, 1.807) is 0 Å². The second-order valence-electron chi connectivity index (χ2n) is 6.83. The molecule has 3 fully saturated rings. The monoisotopic (exact) mass is 394 g/mol. The second kappa shape index (κ2) is 5.09. The van der Waals surface area contributed by atoms with Crippen LogP contribution in [0.5, 0.6) is 0 Å². The molecule has 3 aliphatic rings. The summed E-state index contributed by atoms with van der Waals surface area (Å²) in [5, 5.41) is 10.4. The Labute approximate surface area is 133 Å². The number of carbonyl (C=O) groups excluding carboxylic acids is 1. The van der Waals surface area contributed by atoms with Gasteiger partial charge in [-0.1, -0.05) is 42.9 Å². The number of fused-ring (bicyclic) bond motifs is 1. The third kappa shape index (κ3) is 2.11. The highest BCUT2D eigenvalue weighted by Crippen LogP contribution is 2.58. The van der Waals surface area contributed by atoms with E-state index in [0.717, 1.165) is 19.3 Å². The molecule has 6 unspecified atom stereocenters. The van der Waals surface area contributed by atoms with Crippen molar-refractivity contribution in [2.45, 2.75) is 62.0 Å². The topological polar surface area (TPSA) is 55.8 Å². The number of hydrogen-bond donors (Lipinski definition) is 1. The molecule has 1 saturated heterocycles. The molecule has 0 amide bonds. The van der Waals surface area contributed by atoms with Crippen molar-refractivity contribution in [2.24, 2.45) is 23.7 Å². The molecule has 3 rings (SSSR count). The summed E-state index contributed by atoms with van der Waals surface area (Å²) in [6.45, 7) is 6.24. The number of esters is 1. The largest absolute Gasteiger partial charge is 0.459 e. The Balaban J connectivity index is 1.72. The van der Waals surface area contributed by atoms with E-state index in [4.69, 9.17) is 9.47 Å². The first kappa shape index (κ1) is 15.0. The van der Waals surface area contributed by atoms with Gasteiger partial charge in [-0.2, -0.15) is 0 Å². The molecular formula is C15H23IO4. The molecule has 8 atom stereocenters. The van der Waals surface area contributed by atoms with Gasteiger partial charge in [-0.05, 0) is 31.6 Å². The lowest BCUT2D eigenvalue weighted by Gasteiger charge is -2.36. The first-order valence-corrected chi connectivity index (χ1v) is 8.67. The van der Waals surface area contributed by atoms with Gasteiger partial charge in [0.2, 0.25) is 0 Å². The van der Waals surface area contributed by atoms with Crippen LogP contribution in [0.3, 0.4) is 0 Å². The van der Waals surface area contributed by atoms with Crippen LogP contribution < -0.4 is 0 Å². The summed E-state index contributed by atoms with van der Waals surface area (Å²) >= 11 is 2.27. The second-order valence-corrected chi connectivity index (χ2v) is 9.30. The summed E-state index contributed by atoms with van der Waals surface area (Å²) in [5.74, 6) is 0.997. The number of alkyl halides is 1. The van der Waals surface area contributed by atoms with E-state index in [1.807, 2.05) is 6.92 Å². The molecule has 1 heterocycles. The lowest BCUT2D eigenvalue weighted by atomic mass is 9.79. The van der Waals surface area contributed by atoms with Crippen molar-refractivity contribution >= 4 is 28.6 Å². The van der Waals surface area contributed by atoms with Gasteiger partial charge in [0.1, 0.15) is 12.2 Å². The van der Waals surface area contributed by atoms with Crippen LogP contribution in [0.25, 0.3) is 0 Å². The lowest BCUT2D eigenvalue weighted by Crippen LogP contribution is -2.45. The van der Waals surface area contributed by atoms with Crippen LogP contribution in [-0.4, -0.2) is 33.0 Å². The van der Waals surface area contributed by atoms with Gasteiger partial charge in [0.15, 0.2) is 6.29 Å². The van der Waals surface area contributed by atoms with Crippen molar-refractivity contribution in [1.29, 1.82) is 0 Å². The summed E-state index contributed by atoms with van der Waals surface area (Å²) in [6.07, 6.45) is 1.85. The highest BCUT2D eigenvalue weighted by atomic mass is 127. The maximum Gasteiger partial charge on any atom is 0.310 e. The summed E-state index contributed by atoms with van der Waals surface area (Å²) in [5.41, 5.74) is 0. The third-order valence-corrected chi connectivity index (χ3v) is 6.55. The zero-order chi connectivity index (χ0) is 14.7. The van der Waals surface area contributed by atoms with E-state index in [9.17, 15) is 9.90 Å². The predicted octanol–water partition coefficient (Wildman–Crippen LogP) is 2.51. The standard InChI is InChI=1S/C15H23IO4/c1-4-5-15(3,16)14(18)20-11-8-6-9-10(7(8)2)13(17)19-12(9)11/h7-12,14,18H,4-6H2,1-3H3/t7?,8-,9?,10?,11?,12?,14+,15?/m0/s1. The molecule has 1 N–H and O–H groups in total. The quantitative estimate of drug-likeness (QED) is 0.337. The Bertz CT molecular complexity index is 411. The summed E-state index contributed by atoms with van der Waals surface area (Å²) in [4.78, 5) is 11.9. The molecular weight excluding hydrogens is 371 g/mol. The van der Waals surface area contributed by atoms with Crippen molar-refractivity contribution < 1.29 is 19.4 Å². The molecule has 114 valence electrons. The number of rotatable bonds is 5. The van der Waals surface area contributed by atoms with E-state index < -0.39 is 6.29 Å². The number of carbonyl (C=O) groups is 1. The van der Waals surface area contributed by atoms with Gasteiger partial charge in [0.25, 0.3) is 0 Å². The third-order valence-electron chi connectivity index (χ3n) is 5.48. The fourth-order valence-corrected chi connectivity index (χ4v) is 5.11. The van der Waals surface area contributed by atoms with Crippen molar-refractivity contribution in [3.05, 3.63) is 0 Å². The van der Waals surface area contributed by atoms with Crippen LogP contribution in [0.1, 0.15) is 40.0 Å². The number of hydrogen-bond acceptors (Lipinski definition) is 4. The average Bonchev–Trinajstić information content (AvgIpc) is 2.93. The van der Waals surface area contributed by atoms with Crippen LogP contribution in [0, 0.1) is 23.7 Å². The number of ether oxygens (including phenoxy) is 2. The Morgan fingerprint density at radius 3 is 2.90 bits per heavy atom. The molecule has 2 aliphatic carbocycles. The Hall–Kier alpha value is 0.120. The van der Waals surface area contributed by atoms with Crippen molar-refractivity contribution in [2.75, 3.05) is 0 Å². The summed E-state index contributed by atoms with van der Waals surface area (Å²) < 4.78 is 11.2. The zero-order valence-electron chi connectivity index (χ0n) is 12.2. The lowest BCUT2D eigenvalue weighted by molar-refractivity contribution is -0.189. The molecule has 1 aliphatic heterocycles. The Kier molecular flexibility index (Phi) is 3.83. The fraction of sp³-hybridized carbons (Fsp3) is 0.933. The average molecular weight is 394 g/mol. The molecule has 4 nitrogen and oxygen atoms in total. The minimum atomic E-state index is -0.808. The van der Waals surface area contributed by atoms with Gasteiger partial charge in [-0.3, -0.25) is 4.79 Å². The first-order valence-electron chi connectivity index (χ1n) is 7.59. The van der Waals surface area contributed by atoms with Gasteiger partial charge in [0.05, 0.1) is 9.34 Å². The van der Waals surface area contributed by atoms with Crippen LogP contribution in [0.2, 0.25) is 0 Å². The van der Waals surface area contributed by atoms with Crippen molar-refractivity contribution in [3.63, 3.8) is 0 Å². The maximum atomic E-state index is 11.9. The Morgan fingerprint density at radius 1 is 1.55 bits per heavy atom. The normalized spacial score (nSPS) is 46.4. The molecule has 0 aromatic carbocycles. The van der Waals surface area contributed by atoms with Gasteiger partial charge in [-0.15, -0.1) is 0 Å². The van der Waals surface area contributed by atoms with Gasteiger partial charge in [-0.25, -0.2) is 0 Å². The highest BCUT2D eigenvalue weighted by Gasteiger charge is 2.66. The maximum absolute atomic E-state index is 11.9. The molecule has 0 aromatic rings. The van der Waals surface area contributed by atoms with Crippen LogP contribution in [0.15, 0.2) is 0 Å². The van der Waals surface area contributed by atoms with Gasteiger partial charge < -0.3 is 14.6 Å². The van der Waals surface area contributed by atoms with Crippen LogP contribution in [-0.2, 0) is 14.3 Å². The van der Waals surface area contributed by atoms with E-state index >= 15 is 0 Å². The SMILES string of the molecule is CCCC(C)(I)[C@H](O)OC1C2OC(=O)C3C2C[C@H]1C3C. The van der Waals surface area contributed by atoms with E-state index in [0.29, 0.717) is 17.8 Å². The number of aliphatic hydroxyl groups is 1. The molecule has 0 spiro atoms. The zero-order valence-corrected chi connectivity index (χ0v) is 14.4. The highest BCUT2D eigenvalue weighted by molar-refractivity contribution is 14.1. The van der Waals surface area contributed by atoms with Crippen molar-refractivity contribution in [3.8, 4) is 0 Å². The Morgan fingerprint density at radius 2 is 2.25 bits per heavy atom. The molecule has 2 saturated carbocycles. The van der Waals surface area contributed by atoms with Crippen molar-refractivity contribution in [1.82, 2.24) is 0 Å². The molecule has 0 radical (unpaired) electrons. The fourth-order valence-electron chi connectivity index (χ4n) is 4.43. The summed E-state index contributed by atoms with van der Waals surface area (Å²) in [6, 6.07) is 0. The molecule has 2 bridgehead atoms. The molecule has 0 aromatic heterocycles. The van der Waals surface area contributed by atoms with Gasteiger partial charge in [0, 0.05) is 5.92 Å². The number of halogens is 1. The number of aliphatic hydroxyl groups excluding tert-OH is 1. The first-order chi connectivity index (χ1) is 9.36. The van der Waals surface area contributed by atoms with Crippen LogP contribution >= 0.6 is 22.6 Å². The van der Waals surface area contributed by atoms with E-state index in [2.05, 4.69) is 36.4 Å². The minimum Gasteiger partial charge on any atom is -0.459 e. The summed E-state index contributed by atoms with van der Waals surface area (Å²) in [7, 11) is 0. The molecule has 5 heteroatoms. The molecule has 20 heavy (non-hydrogen) atoms.